The summed E-state index contributed by atoms with van der Waals surface area (Å²) >= 11 is 0. The number of carbonyl (C=O) groups is 4. The fourth-order valence-corrected chi connectivity index (χ4v) is 8.01. The standard InChI is InChI=1S/C28H34O6/c1-12(2)21-14(4)19(16(6)29)24(32)28(34)25(33)22-23(31)20-17(30)10-9-13(3)18(20)15(5)26(22,7)11-27(21,28)8/h9-10,12,15,21-22,30,34H,11H2,1-8H3/t15?,21-,22?,26-,27+,28-/m1/s1. The van der Waals surface area contributed by atoms with Crippen LogP contribution in [0.4, 0.5) is 0 Å². The maximum absolute atomic E-state index is 14.2. The van der Waals surface area contributed by atoms with E-state index in [9.17, 15) is 29.4 Å². The number of allylic oxidation sites excluding steroid dienone is 1. The molecule has 2 unspecified atom stereocenters. The molecule has 182 valence electrons. The van der Waals surface area contributed by atoms with E-state index in [2.05, 4.69) is 0 Å². The van der Waals surface area contributed by atoms with E-state index in [4.69, 9.17) is 0 Å². The first-order chi connectivity index (χ1) is 15.6. The van der Waals surface area contributed by atoms with Crippen molar-refractivity contribution in [3.8, 4) is 5.75 Å². The molecule has 0 bridgehead atoms. The summed E-state index contributed by atoms with van der Waals surface area (Å²) in [5.41, 5.74) is -2.48. The van der Waals surface area contributed by atoms with Gasteiger partial charge in [0.05, 0.1) is 17.1 Å². The molecule has 4 rings (SSSR count). The number of phenols is 1. The van der Waals surface area contributed by atoms with Crippen molar-refractivity contribution in [3.05, 3.63) is 40.0 Å². The van der Waals surface area contributed by atoms with Crippen LogP contribution in [0, 0.1) is 35.5 Å². The maximum Gasteiger partial charge on any atom is 0.206 e. The Balaban J connectivity index is 2.06. The van der Waals surface area contributed by atoms with Crippen molar-refractivity contribution >= 4 is 23.1 Å². The molecule has 6 nitrogen and oxygen atoms in total. The number of hydrogen-bond donors (Lipinski definition) is 2. The summed E-state index contributed by atoms with van der Waals surface area (Å²) < 4.78 is 0. The van der Waals surface area contributed by atoms with Crippen LogP contribution >= 0.6 is 0 Å². The zero-order valence-corrected chi connectivity index (χ0v) is 21.2. The minimum Gasteiger partial charge on any atom is -0.507 e. The number of aryl methyl sites for hydroxylation is 1. The van der Waals surface area contributed by atoms with Crippen LogP contribution in [0.1, 0.15) is 82.3 Å². The van der Waals surface area contributed by atoms with Crippen LogP contribution in [0.15, 0.2) is 23.3 Å². The Morgan fingerprint density at radius 1 is 1.12 bits per heavy atom. The highest BCUT2D eigenvalue weighted by Crippen LogP contribution is 2.67. The number of aromatic hydroxyl groups is 1. The fraction of sp³-hybridized carbons (Fsp3) is 0.571. The van der Waals surface area contributed by atoms with Crippen molar-refractivity contribution in [1.29, 1.82) is 0 Å². The first-order valence-electron chi connectivity index (χ1n) is 12.0. The highest BCUT2D eigenvalue weighted by atomic mass is 16.3. The molecule has 1 aromatic carbocycles. The average Bonchev–Trinajstić information content (AvgIpc) is 2.70. The Kier molecular flexibility index (Phi) is 5.19. The smallest absolute Gasteiger partial charge is 0.206 e. The molecule has 2 N–H and O–H groups in total. The van der Waals surface area contributed by atoms with E-state index in [1.165, 1.54) is 13.0 Å². The zero-order valence-electron chi connectivity index (χ0n) is 21.2. The molecular formula is C28H34O6. The van der Waals surface area contributed by atoms with Gasteiger partial charge in [-0.15, -0.1) is 0 Å². The largest absolute Gasteiger partial charge is 0.507 e. The van der Waals surface area contributed by atoms with Gasteiger partial charge >= 0.3 is 0 Å². The zero-order chi connectivity index (χ0) is 25.7. The first-order valence-corrected chi connectivity index (χ1v) is 12.0. The molecule has 0 aromatic heterocycles. The molecule has 1 aromatic rings. The Morgan fingerprint density at radius 2 is 1.71 bits per heavy atom. The average molecular weight is 467 g/mol. The molecule has 3 aliphatic rings. The van der Waals surface area contributed by atoms with Gasteiger partial charge in [0.25, 0.3) is 0 Å². The third kappa shape index (κ3) is 2.61. The lowest BCUT2D eigenvalue weighted by Gasteiger charge is -2.63. The number of Topliss-reactive ketones (excluding diaryl/α,β-unsaturated/α-hetero) is 4. The van der Waals surface area contributed by atoms with E-state index >= 15 is 0 Å². The predicted molar refractivity (Wildman–Crippen MR) is 127 cm³/mol. The van der Waals surface area contributed by atoms with Crippen LogP contribution in [-0.4, -0.2) is 38.9 Å². The number of hydrogen-bond acceptors (Lipinski definition) is 6. The third-order valence-corrected chi connectivity index (χ3v) is 9.35. The molecule has 0 saturated heterocycles. The second kappa shape index (κ2) is 7.20. The molecule has 0 heterocycles. The van der Waals surface area contributed by atoms with Gasteiger partial charge in [0, 0.05) is 5.41 Å². The Bertz CT molecular complexity index is 1210. The summed E-state index contributed by atoms with van der Waals surface area (Å²) in [7, 11) is 0. The number of rotatable bonds is 2. The molecule has 0 spiro atoms. The normalized spacial score (nSPS) is 37.5. The number of benzene rings is 1. The number of fused-ring (bicyclic) bond motifs is 3. The predicted octanol–water partition coefficient (Wildman–Crippen LogP) is 4.09. The van der Waals surface area contributed by atoms with Crippen LogP contribution in [-0.2, 0) is 14.4 Å². The number of ketones is 4. The monoisotopic (exact) mass is 466 g/mol. The summed E-state index contributed by atoms with van der Waals surface area (Å²) in [6, 6.07) is 3.20. The lowest BCUT2D eigenvalue weighted by molar-refractivity contribution is -0.194. The van der Waals surface area contributed by atoms with Crippen LogP contribution in [0.5, 0.6) is 5.75 Å². The molecule has 34 heavy (non-hydrogen) atoms. The Hall–Kier alpha value is -2.60. The maximum atomic E-state index is 14.2. The van der Waals surface area contributed by atoms with Gasteiger partial charge in [0.1, 0.15) is 5.75 Å². The van der Waals surface area contributed by atoms with Crippen molar-refractivity contribution in [2.45, 2.75) is 73.3 Å². The van der Waals surface area contributed by atoms with Gasteiger partial charge < -0.3 is 10.2 Å². The van der Waals surface area contributed by atoms with Crippen LogP contribution < -0.4 is 0 Å². The minimum atomic E-state index is -2.50. The minimum absolute atomic E-state index is 0.0698. The third-order valence-electron chi connectivity index (χ3n) is 9.35. The summed E-state index contributed by atoms with van der Waals surface area (Å²) in [5.74, 6) is -5.09. The first kappa shape index (κ1) is 24.5. The molecule has 6 atom stereocenters. The van der Waals surface area contributed by atoms with Crippen molar-refractivity contribution in [2.24, 2.45) is 28.6 Å². The van der Waals surface area contributed by atoms with Crippen molar-refractivity contribution in [2.75, 3.05) is 0 Å². The lowest BCUT2D eigenvalue weighted by atomic mass is 9.39. The summed E-state index contributed by atoms with van der Waals surface area (Å²) in [5, 5.41) is 22.7. The van der Waals surface area contributed by atoms with Gasteiger partial charge in [0.2, 0.25) is 5.78 Å². The molecule has 1 saturated carbocycles. The Labute approximate surface area is 200 Å². The van der Waals surface area contributed by atoms with E-state index in [1.807, 2.05) is 34.6 Å². The molecular weight excluding hydrogens is 432 g/mol. The highest BCUT2D eigenvalue weighted by molar-refractivity contribution is 6.33. The molecule has 3 aliphatic carbocycles. The van der Waals surface area contributed by atoms with Crippen LogP contribution in [0.2, 0.25) is 0 Å². The van der Waals surface area contributed by atoms with E-state index in [0.717, 1.165) is 5.56 Å². The molecule has 6 heteroatoms. The van der Waals surface area contributed by atoms with Crippen LogP contribution in [0.25, 0.3) is 0 Å². The summed E-state index contributed by atoms with van der Waals surface area (Å²) in [6.45, 7) is 14.4. The van der Waals surface area contributed by atoms with Crippen molar-refractivity contribution < 1.29 is 29.4 Å². The molecule has 0 amide bonds. The van der Waals surface area contributed by atoms with E-state index in [1.54, 1.807) is 19.9 Å². The number of aliphatic hydroxyl groups is 1. The Morgan fingerprint density at radius 3 is 2.24 bits per heavy atom. The lowest BCUT2D eigenvalue weighted by Crippen LogP contribution is -2.74. The second-order valence-electron chi connectivity index (χ2n) is 11.5. The topological polar surface area (TPSA) is 109 Å². The molecule has 0 aliphatic heterocycles. The number of carbonyl (C=O) groups excluding carboxylic acids is 4. The highest BCUT2D eigenvalue weighted by Gasteiger charge is 2.74. The van der Waals surface area contributed by atoms with Crippen molar-refractivity contribution in [1.82, 2.24) is 0 Å². The van der Waals surface area contributed by atoms with E-state index in [-0.39, 0.29) is 35.1 Å². The van der Waals surface area contributed by atoms with Gasteiger partial charge in [-0.1, -0.05) is 46.3 Å². The summed E-state index contributed by atoms with van der Waals surface area (Å²) in [6.07, 6.45) is 0.242. The summed E-state index contributed by atoms with van der Waals surface area (Å²) in [4.78, 5) is 54.3. The van der Waals surface area contributed by atoms with E-state index < -0.39 is 51.4 Å². The van der Waals surface area contributed by atoms with Gasteiger partial charge in [-0.3, -0.25) is 19.2 Å². The quantitative estimate of drug-likeness (QED) is 0.502. The van der Waals surface area contributed by atoms with Gasteiger partial charge in [0.15, 0.2) is 23.0 Å². The van der Waals surface area contributed by atoms with Crippen LogP contribution in [0.3, 0.4) is 0 Å². The molecule has 0 radical (unpaired) electrons. The van der Waals surface area contributed by atoms with E-state index in [0.29, 0.717) is 11.1 Å². The molecule has 1 fully saturated rings. The van der Waals surface area contributed by atoms with Crippen molar-refractivity contribution in [3.63, 3.8) is 0 Å². The second-order valence-corrected chi connectivity index (χ2v) is 11.5. The fourth-order valence-electron chi connectivity index (χ4n) is 8.01. The van der Waals surface area contributed by atoms with Gasteiger partial charge in [-0.25, -0.2) is 0 Å². The SMILES string of the molecule is CC(=O)C1=C(C)[C@@H](C(C)C)[C@]2(C)C[C@@]3(C)C(C(=O)c4c(O)ccc(C)c4C3C)C(=O)[C@]2(O)C1=O. The van der Waals surface area contributed by atoms with Gasteiger partial charge in [-0.05, 0) is 67.6 Å². The number of phenolic OH excluding ortho intramolecular Hbond substituents is 1. The van der Waals surface area contributed by atoms with Gasteiger partial charge in [-0.2, -0.15) is 0 Å².